The maximum Gasteiger partial charge on any atom is 0.242 e. The Balaban J connectivity index is 2.32. The molecule has 0 aliphatic carbocycles. The zero-order valence-electron chi connectivity index (χ0n) is 16.6. The van der Waals surface area contributed by atoms with Crippen LogP contribution < -0.4 is 5.32 Å². The summed E-state index contributed by atoms with van der Waals surface area (Å²) in [5.74, 6) is -1.14. The Morgan fingerprint density at radius 1 is 1.10 bits per heavy atom. The van der Waals surface area contributed by atoms with E-state index < -0.39 is 11.9 Å². The van der Waals surface area contributed by atoms with Crippen LogP contribution in [0.2, 0.25) is 10.0 Å². The number of carbonyl (C=O) groups excluding carboxylic acids is 2. The second-order valence-corrected chi connectivity index (χ2v) is 7.58. The van der Waals surface area contributed by atoms with Crippen molar-refractivity contribution in [2.24, 2.45) is 0 Å². The zero-order chi connectivity index (χ0) is 21.4. The molecule has 0 spiro atoms. The minimum atomic E-state index is -0.671. The van der Waals surface area contributed by atoms with Gasteiger partial charge in [0, 0.05) is 28.7 Å². The molecule has 0 heterocycles. The first-order valence-electron chi connectivity index (χ1n) is 9.61. The summed E-state index contributed by atoms with van der Waals surface area (Å²) in [6, 6.07) is 10.7. The molecule has 0 fully saturated rings. The summed E-state index contributed by atoms with van der Waals surface area (Å²) >= 11 is 12.0. The zero-order valence-corrected chi connectivity index (χ0v) is 18.1. The fraction of sp³-hybridized carbons (Fsp3) is 0.364. The van der Waals surface area contributed by atoms with E-state index in [9.17, 15) is 14.0 Å². The van der Waals surface area contributed by atoms with Crippen LogP contribution in [-0.4, -0.2) is 29.3 Å². The van der Waals surface area contributed by atoms with Crippen molar-refractivity contribution in [1.29, 1.82) is 0 Å². The molecule has 1 atom stereocenters. The Kier molecular flexibility index (Phi) is 8.93. The van der Waals surface area contributed by atoms with Crippen LogP contribution >= 0.6 is 23.2 Å². The number of amides is 2. The molecule has 7 heteroatoms. The lowest BCUT2D eigenvalue weighted by Crippen LogP contribution is -2.49. The first-order chi connectivity index (χ1) is 13.9. The van der Waals surface area contributed by atoms with Crippen LogP contribution in [0.4, 0.5) is 4.39 Å². The predicted molar refractivity (Wildman–Crippen MR) is 114 cm³/mol. The normalized spacial score (nSPS) is 11.8. The van der Waals surface area contributed by atoms with Crippen LogP contribution in [0.3, 0.4) is 0 Å². The number of nitrogens with zero attached hydrogens (tertiary/aromatic N) is 1. The van der Waals surface area contributed by atoms with E-state index in [4.69, 9.17) is 23.2 Å². The van der Waals surface area contributed by atoms with Gasteiger partial charge in [-0.1, -0.05) is 55.2 Å². The summed E-state index contributed by atoms with van der Waals surface area (Å²) in [5.41, 5.74) is 0.952. The molecular formula is C22H25Cl2FN2O2. The van der Waals surface area contributed by atoms with Gasteiger partial charge in [0.15, 0.2) is 0 Å². The number of nitrogens with one attached hydrogen (secondary N) is 1. The maximum atomic E-state index is 14.2. The molecule has 2 rings (SSSR count). The molecule has 0 bridgehead atoms. The third-order valence-electron chi connectivity index (χ3n) is 4.59. The quantitative estimate of drug-likeness (QED) is 0.597. The van der Waals surface area contributed by atoms with Gasteiger partial charge in [-0.25, -0.2) is 4.39 Å². The molecule has 4 nitrogen and oxygen atoms in total. The number of carbonyl (C=O) groups is 2. The van der Waals surface area contributed by atoms with Crippen LogP contribution in [0.25, 0.3) is 0 Å². The van der Waals surface area contributed by atoms with E-state index in [-0.39, 0.29) is 35.4 Å². The monoisotopic (exact) mass is 438 g/mol. The van der Waals surface area contributed by atoms with Crippen molar-refractivity contribution in [3.8, 4) is 0 Å². The number of hydrogen-bond donors (Lipinski definition) is 1. The van der Waals surface area contributed by atoms with Gasteiger partial charge < -0.3 is 10.2 Å². The number of hydrogen-bond acceptors (Lipinski definition) is 2. The molecule has 0 saturated heterocycles. The van der Waals surface area contributed by atoms with E-state index in [1.807, 2.05) is 13.8 Å². The van der Waals surface area contributed by atoms with Gasteiger partial charge in [-0.15, -0.1) is 0 Å². The predicted octanol–water partition coefficient (Wildman–Crippen LogP) is 5.01. The Bertz CT molecular complexity index is 823. The summed E-state index contributed by atoms with van der Waals surface area (Å²) in [6.45, 7) is 4.53. The van der Waals surface area contributed by atoms with Crippen molar-refractivity contribution in [2.75, 3.05) is 6.54 Å². The van der Waals surface area contributed by atoms with Gasteiger partial charge in [0.05, 0.1) is 6.42 Å². The third-order valence-corrected chi connectivity index (χ3v) is 5.20. The topological polar surface area (TPSA) is 49.4 Å². The van der Waals surface area contributed by atoms with Gasteiger partial charge in [-0.05, 0) is 42.7 Å². The molecule has 2 aromatic carbocycles. The van der Waals surface area contributed by atoms with Crippen molar-refractivity contribution in [3.05, 3.63) is 69.5 Å². The minimum absolute atomic E-state index is 0.129. The highest BCUT2D eigenvalue weighted by Crippen LogP contribution is 2.22. The summed E-state index contributed by atoms with van der Waals surface area (Å²) in [7, 11) is 0. The molecule has 0 saturated carbocycles. The highest BCUT2D eigenvalue weighted by atomic mass is 35.5. The van der Waals surface area contributed by atoms with Crippen molar-refractivity contribution in [2.45, 2.75) is 45.7 Å². The highest BCUT2D eigenvalue weighted by Gasteiger charge is 2.29. The molecule has 0 aliphatic heterocycles. The molecule has 0 aliphatic rings. The van der Waals surface area contributed by atoms with Gasteiger partial charge >= 0.3 is 0 Å². The Morgan fingerprint density at radius 2 is 1.79 bits per heavy atom. The standard InChI is InChI=1S/C22H25Cl2FN2O2/c1-3-12-26-22(29)20(4-2)27(14-15-8-10-16(23)11-9-15)21(28)13-17-18(24)6-5-7-19(17)25/h5-11,20H,3-4,12-14H2,1-2H3,(H,26,29)/t20-/m0/s1. The number of rotatable bonds is 9. The first kappa shape index (κ1) is 23.2. The van der Waals surface area contributed by atoms with Crippen molar-refractivity contribution in [3.63, 3.8) is 0 Å². The van der Waals surface area contributed by atoms with Crippen LogP contribution in [0.15, 0.2) is 42.5 Å². The van der Waals surface area contributed by atoms with Gasteiger partial charge in [-0.2, -0.15) is 0 Å². The first-order valence-corrected chi connectivity index (χ1v) is 10.4. The largest absolute Gasteiger partial charge is 0.354 e. The molecule has 1 N–H and O–H groups in total. The molecule has 2 amide bonds. The van der Waals surface area contributed by atoms with E-state index in [2.05, 4.69) is 5.32 Å². The van der Waals surface area contributed by atoms with Crippen LogP contribution in [-0.2, 0) is 22.6 Å². The lowest BCUT2D eigenvalue weighted by molar-refractivity contribution is -0.141. The summed E-state index contributed by atoms with van der Waals surface area (Å²) in [5, 5.41) is 3.62. The van der Waals surface area contributed by atoms with Crippen LogP contribution in [0, 0.1) is 5.82 Å². The average Bonchev–Trinajstić information content (AvgIpc) is 2.70. The summed E-state index contributed by atoms with van der Waals surface area (Å²) in [6.07, 6.45) is 0.995. The fourth-order valence-corrected chi connectivity index (χ4v) is 3.38. The summed E-state index contributed by atoms with van der Waals surface area (Å²) < 4.78 is 14.2. The van der Waals surface area contributed by atoms with Crippen LogP contribution in [0.1, 0.15) is 37.8 Å². The minimum Gasteiger partial charge on any atom is -0.354 e. The molecule has 0 aromatic heterocycles. The van der Waals surface area contributed by atoms with E-state index in [1.54, 1.807) is 30.3 Å². The SMILES string of the molecule is CCCNC(=O)[C@H](CC)N(Cc1ccc(Cl)cc1)C(=O)Cc1c(F)cccc1Cl. The Morgan fingerprint density at radius 3 is 2.38 bits per heavy atom. The van der Waals surface area contributed by atoms with Gasteiger partial charge in [0.2, 0.25) is 11.8 Å². The Labute approximate surface area is 181 Å². The lowest BCUT2D eigenvalue weighted by atomic mass is 10.1. The molecular weight excluding hydrogens is 414 g/mol. The van der Waals surface area contributed by atoms with Gasteiger partial charge in [0.25, 0.3) is 0 Å². The number of halogens is 3. The molecule has 156 valence electrons. The second kappa shape index (κ2) is 11.2. The Hall–Kier alpha value is -2.11. The van der Waals surface area contributed by atoms with Crippen molar-refractivity contribution < 1.29 is 14.0 Å². The van der Waals surface area contributed by atoms with Crippen molar-refractivity contribution >= 4 is 35.0 Å². The average molecular weight is 439 g/mol. The molecule has 0 radical (unpaired) electrons. The summed E-state index contributed by atoms with van der Waals surface area (Å²) in [4.78, 5) is 27.3. The van der Waals surface area contributed by atoms with Crippen molar-refractivity contribution in [1.82, 2.24) is 10.2 Å². The highest BCUT2D eigenvalue weighted by molar-refractivity contribution is 6.31. The number of benzene rings is 2. The van der Waals surface area contributed by atoms with E-state index in [1.165, 1.54) is 17.0 Å². The second-order valence-electron chi connectivity index (χ2n) is 6.74. The molecule has 2 aromatic rings. The van der Waals surface area contributed by atoms with Crippen LogP contribution in [0.5, 0.6) is 0 Å². The van der Waals surface area contributed by atoms with E-state index in [0.717, 1.165) is 12.0 Å². The van der Waals surface area contributed by atoms with Gasteiger partial charge in [-0.3, -0.25) is 9.59 Å². The maximum absolute atomic E-state index is 14.2. The third kappa shape index (κ3) is 6.44. The smallest absolute Gasteiger partial charge is 0.242 e. The molecule has 0 unspecified atom stereocenters. The lowest BCUT2D eigenvalue weighted by Gasteiger charge is -2.31. The molecule has 29 heavy (non-hydrogen) atoms. The van der Waals surface area contributed by atoms with Gasteiger partial charge in [0.1, 0.15) is 11.9 Å². The fourth-order valence-electron chi connectivity index (χ4n) is 3.03. The van der Waals surface area contributed by atoms with E-state index >= 15 is 0 Å². The van der Waals surface area contributed by atoms with E-state index in [0.29, 0.717) is 18.0 Å².